The van der Waals surface area contributed by atoms with E-state index in [4.69, 9.17) is 17.3 Å². The van der Waals surface area contributed by atoms with Gasteiger partial charge in [0.25, 0.3) is 0 Å². The minimum atomic E-state index is -0.465. The van der Waals surface area contributed by atoms with Gasteiger partial charge in [0.15, 0.2) is 0 Å². The van der Waals surface area contributed by atoms with Crippen molar-refractivity contribution < 1.29 is 5.11 Å². The lowest BCUT2D eigenvalue weighted by Gasteiger charge is -2.23. The zero-order valence-electron chi connectivity index (χ0n) is 12.4. The van der Waals surface area contributed by atoms with Crippen LogP contribution in [0.15, 0.2) is 12.1 Å². The average Bonchev–Trinajstić information content (AvgIpc) is 2.33. The summed E-state index contributed by atoms with van der Waals surface area (Å²) in [5.74, 6) is 0.213. The quantitative estimate of drug-likeness (QED) is 0.831. The van der Waals surface area contributed by atoms with Gasteiger partial charge in [-0.05, 0) is 55.4 Å². The summed E-state index contributed by atoms with van der Waals surface area (Å²) < 4.78 is 0. The van der Waals surface area contributed by atoms with Gasteiger partial charge in [-0.25, -0.2) is 0 Å². The maximum atomic E-state index is 10.1. The highest BCUT2D eigenvalue weighted by molar-refractivity contribution is 6.31. The van der Waals surface area contributed by atoms with Gasteiger partial charge in [0.1, 0.15) is 0 Å². The second-order valence-electron chi connectivity index (χ2n) is 5.61. The van der Waals surface area contributed by atoms with Gasteiger partial charge in [-0.1, -0.05) is 37.9 Å². The zero-order chi connectivity index (χ0) is 14.6. The molecule has 0 fully saturated rings. The minimum absolute atomic E-state index is 0.141. The molecule has 108 valence electrons. The van der Waals surface area contributed by atoms with Crippen molar-refractivity contribution >= 4 is 11.6 Å². The van der Waals surface area contributed by atoms with Crippen LogP contribution in [0.5, 0.6) is 0 Å². The summed E-state index contributed by atoms with van der Waals surface area (Å²) in [6.07, 6.45) is 2.04. The fourth-order valence-corrected chi connectivity index (χ4v) is 2.78. The molecule has 1 rings (SSSR count). The second-order valence-corrected chi connectivity index (χ2v) is 6.02. The van der Waals surface area contributed by atoms with Crippen LogP contribution >= 0.6 is 11.6 Å². The number of aliphatic hydroxyl groups is 1. The Morgan fingerprint density at radius 2 is 1.84 bits per heavy atom. The van der Waals surface area contributed by atoms with Crippen molar-refractivity contribution in [1.29, 1.82) is 0 Å². The van der Waals surface area contributed by atoms with Crippen molar-refractivity contribution in [2.75, 3.05) is 0 Å². The molecule has 0 aliphatic heterocycles. The predicted molar refractivity (Wildman–Crippen MR) is 82.8 cm³/mol. The number of benzene rings is 1. The molecule has 0 saturated carbocycles. The molecule has 0 saturated heterocycles. The van der Waals surface area contributed by atoms with Gasteiger partial charge < -0.3 is 10.8 Å². The van der Waals surface area contributed by atoms with E-state index in [1.807, 2.05) is 6.07 Å². The Labute approximate surface area is 122 Å². The van der Waals surface area contributed by atoms with E-state index in [2.05, 4.69) is 33.8 Å². The molecule has 1 aromatic rings. The van der Waals surface area contributed by atoms with Crippen molar-refractivity contribution in [2.45, 2.75) is 65.0 Å². The molecular weight excluding hydrogens is 258 g/mol. The molecule has 0 bridgehead atoms. The molecule has 3 atom stereocenters. The van der Waals surface area contributed by atoms with E-state index in [0.717, 1.165) is 23.4 Å². The van der Waals surface area contributed by atoms with Crippen LogP contribution in [0.25, 0.3) is 0 Å². The highest BCUT2D eigenvalue weighted by atomic mass is 35.5. The van der Waals surface area contributed by atoms with E-state index in [1.54, 1.807) is 0 Å². The standard InChI is InChI=1S/C16H26ClNO/c1-5-6-15(18)16(19)9-12(4)13-7-10(2)11(3)8-14(13)17/h7-8,12,15-16,19H,5-6,9,18H2,1-4H3. The van der Waals surface area contributed by atoms with Crippen LogP contribution in [0, 0.1) is 13.8 Å². The van der Waals surface area contributed by atoms with Crippen LogP contribution in [-0.2, 0) is 0 Å². The molecule has 0 amide bonds. The summed E-state index contributed by atoms with van der Waals surface area (Å²) in [4.78, 5) is 0. The fourth-order valence-electron chi connectivity index (χ4n) is 2.37. The number of aryl methyl sites for hydroxylation is 2. The van der Waals surface area contributed by atoms with E-state index >= 15 is 0 Å². The van der Waals surface area contributed by atoms with Crippen LogP contribution in [0.2, 0.25) is 5.02 Å². The molecule has 0 aromatic heterocycles. The highest BCUT2D eigenvalue weighted by Gasteiger charge is 2.20. The molecule has 3 N–H and O–H groups in total. The van der Waals surface area contributed by atoms with Crippen molar-refractivity contribution in [2.24, 2.45) is 5.73 Å². The van der Waals surface area contributed by atoms with Gasteiger partial charge >= 0.3 is 0 Å². The molecule has 0 spiro atoms. The van der Waals surface area contributed by atoms with E-state index in [1.165, 1.54) is 11.1 Å². The molecule has 2 nitrogen and oxygen atoms in total. The topological polar surface area (TPSA) is 46.2 Å². The number of aliphatic hydroxyl groups excluding tert-OH is 1. The summed E-state index contributed by atoms with van der Waals surface area (Å²) in [6, 6.07) is 3.99. The smallest absolute Gasteiger partial charge is 0.0696 e. The van der Waals surface area contributed by atoms with Crippen LogP contribution in [0.3, 0.4) is 0 Å². The first kappa shape index (κ1) is 16.5. The van der Waals surface area contributed by atoms with Crippen molar-refractivity contribution in [3.8, 4) is 0 Å². The molecular formula is C16H26ClNO. The van der Waals surface area contributed by atoms with Crippen molar-refractivity contribution in [3.05, 3.63) is 33.8 Å². The number of rotatable bonds is 6. The van der Waals surface area contributed by atoms with E-state index < -0.39 is 6.10 Å². The van der Waals surface area contributed by atoms with E-state index in [9.17, 15) is 5.11 Å². The van der Waals surface area contributed by atoms with E-state index in [0.29, 0.717) is 6.42 Å². The number of hydrogen-bond donors (Lipinski definition) is 2. The van der Waals surface area contributed by atoms with Gasteiger partial charge in [0, 0.05) is 11.1 Å². The van der Waals surface area contributed by atoms with Crippen LogP contribution in [0.4, 0.5) is 0 Å². The Hall–Kier alpha value is -0.570. The monoisotopic (exact) mass is 283 g/mol. The van der Waals surface area contributed by atoms with Gasteiger partial charge in [-0.2, -0.15) is 0 Å². The highest BCUT2D eigenvalue weighted by Crippen LogP contribution is 2.30. The largest absolute Gasteiger partial charge is 0.391 e. The van der Waals surface area contributed by atoms with Gasteiger partial charge in [0.05, 0.1) is 6.10 Å². The Morgan fingerprint density at radius 3 is 2.42 bits per heavy atom. The van der Waals surface area contributed by atoms with Crippen LogP contribution in [-0.4, -0.2) is 17.3 Å². The average molecular weight is 284 g/mol. The molecule has 0 heterocycles. The Balaban J connectivity index is 2.78. The van der Waals surface area contributed by atoms with Crippen molar-refractivity contribution in [1.82, 2.24) is 0 Å². The second kappa shape index (κ2) is 7.28. The van der Waals surface area contributed by atoms with Crippen LogP contribution in [0.1, 0.15) is 55.7 Å². The molecule has 19 heavy (non-hydrogen) atoms. The Kier molecular flexibility index (Phi) is 6.31. The molecule has 3 unspecified atom stereocenters. The maximum absolute atomic E-state index is 10.1. The van der Waals surface area contributed by atoms with Gasteiger partial charge in [0.2, 0.25) is 0 Å². The summed E-state index contributed by atoms with van der Waals surface area (Å²) >= 11 is 6.31. The SMILES string of the molecule is CCCC(N)C(O)CC(C)c1cc(C)c(C)cc1Cl. The molecule has 1 aromatic carbocycles. The molecule has 0 radical (unpaired) electrons. The summed E-state index contributed by atoms with van der Waals surface area (Å²) in [5, 5.41) is 10.9. The Bertz CT molecular complexity index is 419. The fraction of sp³-hybridized carbons (Fsp3) is 0.625. The molecule has 0 aliphatic rings. The van der Waals surface area contributed by atoms with Gasteiger partial charge in [-0.15, -0.1) is 0 Å². The molecule has 3 heteroatoms. The third kappa shape index (κ3) is 4.48. The third-order valence-corrected chi connectivity index (χ3v) is 4.18. The maximum Gasteiger partial charge on any atom is 0.0696 e. The first-order valence-corrected chi connectivity index (χ1v) is 7.44. The zero-order valence-corrected chi connectivity index (χ0v) is 13.2. The Morgan fingerprint density at radius 1 is 1.26 bits per heavy atom. The number of hydrogen-bond acceptors (Lipinski definition) is 2. The molecule has 0 aliphatic carbocycles. The first-order chi connectivity index (χ1) is 8.86. The van der Waals surface area contributed by atoms with E-state index in [-0.39, 0.29) is 12.0 Å². The van der Waals surface area contributed by atoms with Gasteiger partial charge in [-0.3, -0.25) is 0 Å². The lowest BCUT2D eigenvalue weighted by molar-refractivity contribution is 0.124. The first-order valence-electron chi connectivity index (χ1n) is 7.07. The predicted octanol–water partition coefficient (Wildman–Crippen LogP) is 3.94. The number of nitrogens with two attached hydrogens (primary N) is 1. The summed E-state index contributed by atoms with van der Waals surface area (Å²) in [7, 11) is 0. The van der Waals surface area contributed by atoms with Crippen molar-refractivity contribution in [3.63, 3.8) is 0 Å². The third-order valence-electron chi connectivity index (χ3n) is 3.86. The normalized spacial score (nSPS) is 16.2. The minimum Gasteiger partial charge on any atom is -0.391 e. The lowest BCUT2D eigenvalue weighted by Crippen LogP contribution is -2.35. The summed E-state index contributed by atoms with van der Waals surface area (Å²) in [5.41, 5.74) is 9.50. The number of halogens is 1. The van der Waals surface area contributed by atoms with Crippen LogP contribution < -0.4 is 5.73 Å². The lowest BCUT2D eigenvalue weighted by atomic mass is 9.89. The summed E-state index contributed by atoms with van der Waals surface area (Å²) in [6.45, 7) is 8.32.